The van der Waals surface area contributed by atoms with Gasteiger partial charge in [-0.2, -0.15) is 0 Å². The normalized spacial score (nSPS) is 16.3. The van der Waals surface area contributed by atoms with Gasteiger partial charge in [-0.05, 0) is 37.2 Å². The smallest absolute Gasteiger partial charge is 0.258 e. The number of amides is 3. The average molecular weight is 419 g/mol. The lowest BCUT2D eigenvalue weighted by atomic mass is 9.96. The van der Waals surface area contributed by atoms with Gasteiger partial charge in [0.25, 0.3) is 11.8 Å². The molecule has 0 saturated carbocycles. The molecule has 2 atom stereocenters. The number of carbonyl (C=O) groups excluding carboxylic acids is 3. The van der Waals surface area contributed by atoms with Gasteiger partial charge in [-0.25, -0.2) is 5.43 Å². The Morgan fingerprint density at radius 1 is 1.20 bits per heavy atom. The molecule has 5 N–H and O–H groups in total. The van der Waals surface area contributed by atoms with Crippen LogP contribution in [-0.2, 0) is 20.8 Å². The third kappa shape index (κ3) is 9.67. The molecule has 0 saturated heterocycles. The van der Waals surface area contributed by atoms with Gasteiger partial charge in [0.05, 0.1) is 5.57 Å². The Morgan fingerprint density at radius 3 is 2.63 bits per heavy atom. The molecule has 0 aromatic heterocycles. The largest absolute Gasteiger partial charge is 0.372 e. The van der Waals surface area contributed by atoms with Crippen LogP contribution in [0.5, 0.6) is 0 Å². The molecule has 8 nitrogen and oxygen atoms in total. The van der Waals surface area contributed by atoms with Crippen molar-refractivity contribution in [2.45, 2.75) is 52.2 Å². The number of carbonyl (C=O) groups is 3. The van der Waals surface area contributed by atoms with E-state index in [0.29, 0.717) is 19.5 Å². The molecule has 0 spiro atoms. The molecule has 1 aromatic carbocycles. The van der Waals surface area contributed by atoms with E-state index >= 15 is 0 Å². The first-order chi connectivity index (χ1) is 14.6. The monoisotopic (exact) mass is 418 g/mol. The van der Waals surface area contributed by atoms with Crippen LogP contribution < -0.4 is 21.5 Å². The van der Waals surface area contributed by atoms with E-state index in [1.807, 2.05) is 32.0 Å². The molecule has 8 heteroatoms. The van der Waals surface area contributed by atoms with Crippen molar-refractivity contribution >= 4 is 18.2 Å². The number of aliphatic hydroxyl groups is 1. The predicted octanol–water partition coefficient (Wildman–Crippen LogP) is 1.17. The van der Waals surface area contributed by atoms with E-state index in [1.165, 1.54) is 5.56 Å². The number of unbranched alkanes of at least 4 members (excludes halogenated alkanes) is 1. The number of benzene rings is 1. The highest BCUT2D eigenvalue weighted by Gasteiger charge is 2.24. The van der Waals surface area contributed by atoms with Crippen LogP contribution in [0.1, 0.15) is 45.1 Å². The van der Waals surface area contributed by atoms with Gasteiger partial charge in [0, 0.05) is 19.2 Å². The van der Waals surface area contributed by atoms with Crippen molar-refractivity contribution in [3.05, 3.63) is 47.5 Å². The van der Waals surface area contributed by atoms with Crippen LogP contribution in [0.3, 0.4) is 0 Å². The lowest BCUT2D eigenvalue weighted by molar-refractivity contribution is -0.123. The second-order valence-corrected chi connectivity index (χ2v) is 6.80. The Hall–Kier alpha value is -2.71. The van der Waals surface area contributed by atoms with Crippen LogP contribution in [0.25, 0.3) is 0 Å². The van der Waals surface area contributed by atoms with Gasteiger partial charge in [0.1, 0.15) is 0 Å². The summed E-state index contributed by atoms with van der Waals surface area (Å²) in [7, 11) is 0. The van der Waals surface area contributed by atoms with Gasteiger partial charge in [-0.3, -0.25) is 19.8 Å². The molecule has 0 radical (unpaired) electrons. The number of hydrogen-bond acceptors (Lipinski definition) is 5. The van der Waals surface area contributed by atoms with Gasteiger partial charge in [0.15, 0.2) is 6.23 Å². The molecule has 1 aliphatic rings. The van der Waals surface area contributed by atoms with Gasteiger partial charge in [-0.15, -0.1) is 0 Å². The van der Waals surface area contributed by atoms with Crippen molar-refractivity contribution in [1.29, 1.82) is 0 Å². The summed E-state index contributed by atoms with van der Waals surface area (Å²) in [4.78, 5) is 34.1. The van der Waals surface area contributed by atoms with E-state index < -0.39 is 18.0 Å². The highest BCUT2D eigenvalue weighted by Crippen LogP contribution is 2.14. The van der Waals surface area contributed by atoms with Crippen LogP contribution in [-0.4, -0.2) is 42.6 Å². The van der Waals surface area contributed by atoms with E-state index in [1.54, 1.807) is 0 Å². The van der Waals surface area contributed by atoms with E-state index in [2.05, 4.69) is 33.6 Å². The van der Waals surface area contributed by atoms with Crippen molar-refractivity contribution in [3.8, 4) is 0 Å². The first kappa shape index (κ1) is 25.3. The fourth-order valence-electron chi connectivity index (χ4n) is 3.10. The molecule has 2 rings (SSSR count). The van der Waals surface area contributed by atoms with Crippen molar-refractivity contribution in [2.24, 2.45) is 5.92 Å². The molecule has 3 amide bonds. The quantitative estimate of drug-likeness (QED) is 0.258. The summed E-state index contributed by atoms with van der Waals surface area (Å²) >= 11 is 0. The molecule has 2 unspecified atom stereocenters. The van der Waals surface area contributed by atoms with Gasteiger partial charge in [-0.1, -0.05) is 50.6 Å². The Kier molecular flexibility index (Phi) is 12.8. The Labute approximate surface area is 178 Å². The molecule has 166 valence electrons. The maximum Gasteiger partial charge on any atom is 0.258 e. The predicted molar refractivity (Wildman–Crippen MR) is 116 cm³/mol. The maximum absolute atomic E-state index is 12.3. The molecule has 0 fully saturated rings. The Balaban J connectivity index is 0.00000218. The van der Waals surface area contributed by atoms with Gasteiger partial charge < -0.3 is 15.7 Å². The van der Waals surface area contributed by atoms with Crippen LogP contribution in [0, 0.1) is 5.92 Å². The average Bonchev–Trinajstić information content (AvgIpc) is 2.78. The number of nitrogens with one attached hydrogen (secondary N) is 4. The van der Waals surface area contributed by atoms with Gasteiger partial charge >= 0.3 is 0 Å². The zero-order valence-electron chi connectivity index (χ0n) is 17.8. The SMILES string of the molecule is CC.O=CNCCC(CCCCc1ccccc1)CNC(=O)C1=CC(=O)NNC1O. The third-order valence-corrected chi connectivity index (χ3v) is 4.68. The van der Waals surface area contributed by atoms with E-state index in [-0.39, 0.29) is 11.5 Å². The highest BCUT2D eigenvalue weighted by molar-refractivity contribution is 6.02. The van der Waals surface area contributed by atoms with E-state index in [4.69, 9.17) is 0 Å². The topological polar surface area (TPSA) is 120 Å². The molecule has 1 heterocycles. The van der Waals surface area contributed by atoms with Crippen molar-refractivity contribution in [1.82, 2.24) is 21.5 Å². The summed E-state index contributed by atoms with van der Waals surface area (Å²) in [6.07, 6.45) is 5.22. The fourth-order valence-corrected chi connectivity index (χ4v) is 3.10. The van der Waals surface area contributed by atoms with Gasteiger partial charge in [0.2, 0.25) is 6.41 Å². The lowest BCUT2D eigenvalue weighted by Crippen LogP contribution is -2.51. The molecule has 1 aromatic rings. The molecule has 0 bridgehead atoms. The molecule has 30 heavy (non-hydrogen) atoms. The summed E-state index contributed by atoms with van der Waals surface area (Å²) in [5.41, 5.74) is 5.84. The number of hydrazine groups is 1. The maximum atomic E-state index is 12.3. The first-order valence-electron chi connectivity index (χ1n) is 10.5. The van der Waals surface area contributed by atoms with Crippen LogP contribution in [0.15, 0.2) is 42.0 Å². The Morgan fingerprint density at radius 2 is 1.93 bits per heavy atom. The second kappa shape index (κ2) is 15.2. The van der Waals surface area contributed by atoms with Crippen molar-refractivity contribution in [2.75, 3.05) is 13.1 Å². The number of aliphatic hydroxyl groups excluding tert-OH is 1. The number of aryl methyl sites for hydroxylation is 1. The van der Waals surface area contributed by atoms with E-state index in [0.717, 1.165) is 38.2 Å². The summed E-state index contributed by atoms with van der Waals surface area (Å²) < 4.78 is 0. The van der Waals surface area contributed by atoms with Crippen LogP contribution in [0.2, 0.25) is 0 Å². The number of hydrogen-bond donors (Lipinski definition) is 5. The highest BCUT2D eigenvalue weighted by atomic mass is 16.3. The number of rotatable bonds is 12. The molecule has 0 aliphatic carbocycles. The van der Waals surface area contributed by atoms with Crippen molar-refractivity contribution < 1.29 is 19.5 Å². The summed E-state index contributed by atoms with van der Waals surface area (Å²) in [6.45, 7) is 4.95. The molecular formula is C22H34N4O4. The Bertz CT molecular complexity index is 679. The van der Waals surface area contributed by atoms with E-state index in [9.17, 15) is 19.5 Å². The molecule has 1 aliphatic heterocycles. The van der Waals surface area contributed by atoms with Crippen molar-refractivity contribution in [3.63, 3.8) is 0 Å². The minimum absolute atomic E-state index is 0.0161. The lowest BCUT2D eigenvalue weighted by Gasteiger charge is -2.22. The first-order valence-corrected chi connectivity index (χ1v) is 10.5. The van der Waals surface area contributed by atoms with Crippen LogP contribution >= 0.6 is 0 Å². The fraction of sp³-hybridized carbons (Fsp3) is 0.500. The minimum atomic E-state index is -1.24. The molecular weight excluding hydrogens is 384 g/mol. The summed E-state index contributed by atoms with van der Waals surface area (Å²) in [5, 5.41) is 15.2. The third-order valence-electron chi connectivity index (χ3n) is 4.68. The summed E-state index contributed by atoms with van der Waals surface area (Å²) in [5.74, 6) is -0.772. The standard InChI is InChI=1S/C20H28N4O4.C2H6/c25-14-21-11-10-16(9-5-4-8-15-6-2-1-3-7-15)13-22-19(27)17-12-18(26)23-24-20(17)28;1-2/h1-3,6-7,12,14,16,20,24,28H,4-5,8-11,13H2,(H,21,25)(H,22,27)(H,23,26);1-2H3. The minimum Gasteiger partial charge on any atom is -0.372 e. The van der Waals surface area contributed by atoms with Crippen LogP contribution in [0.4, 0.5) is 0 Å². The second-order valence-electron chi connectivity index (χ2n) is 6.80. The summed E-state index contributed by atoms with van der Waals surface area (Å²) in [6, 6.07) is 10.3. The zero-order chi connectivity index (χ0) is 22.2. The zero-order valence-corrected chi connectivity index (χ0v) is 17.8.